The maximum Gasteiger partial charge on any atom is 0.433 e. The number of aliphatic hydroxyl groups is 1. The van der Waals surface area contributed by atoms with E-state index < -0.39 is 29.8 Å². The van der Waals surface area contributed by atoms with Gasteiger partial charge in [-0.2, -0.15) is 13.2 Å². The summed E-state index contributed by atoms with van der Waals surface area (Å²) in [6, 6.07) is 3.94. The summed E-state index contributed by atoms with van der Waals surface area (Å²) in [4.78, 5) is 17.9. The highest BCUT2D eigenvalue weighted by Gasteiger charge is 2.37. The van der Waals surface area contributed by atoms with Gasteiger partial charge in [-0.05, 0) is 50.8 Å². The second kappa shape index (κ2) is 10.4. The van der Waals surface area contributed by atoms with Crippen molar-refractivity contribution in [2.75, 3.05) is 26.2 Å². The van der Waals surface area contributed by atoms with E-state index in [0.717, 1.165) is 25.5 Å². The number of nitrogens with one attached hydrogen (secondary N) is 1. The number of likely N-dealkylation sites (tertiary alicyclic amines) is 1. The Bertz CT molecular complexity index is 764. The quantitative estimate of drug-likeness (QED) is 0.601. The van der Waals surface area contributed by atoms with Crippen LogP contribution in [0.25, 0.3) is 0 Å². The Morgan fingerprint density at radius 2 is 1.97 bits per heavy atom. The Balaban J connectivity index is 1.41. The minimum atomic E-state index is -4.48. The van der Waals surface area contributed by atoms with Crippen molar-refractivity contribution in [3.05, 3.63) is 29.6 Å². The standard InChI is InChI=1S/C22H30F5N3O2/c23-21(24)9-6-15(7-10-21)20(32)28-11-8-17(31)14-30-12-2-3-16(13-30)18-4-1-5-19(29-18)22(25,26)27/h1,4-5,15-17,31H,2-3,6-14H2,(H,28,32)/t16?,17-/m1/s1. The molecule has 2 heterocycles. The highest BCUT2D eigenvalue weighted by molar-refractivity contribution is 5.78. The molecule has 2 N–H and O–H groups in total. The van der Waals surface area contributed by atoms with E-state index in [1.165, 1.54) is 6.07 Å². The second-order valence-corrected chi connectivity index (χ2v) is 8.91. The molecule has 2 atom stereocenters. The topological polar surface area (TPSA) is 65.5 Å². The zero-order chi connectivity index (χ0) is 23.4. The number of hydrogen-bond donors (Lipinski definition) is 2. The fraction of sp³-hybridized carbons (Fsp3) is 0.727. The van der Waals surface area contributed by atoms with Crippen molar-refractivity contribution in [1.82, 2.24) is 15.2 Å². The molecule has 1 aromatic rings. The zero-order valence-corrected chi connectivity index (χ0v) is 17.9. The van der Waals surface area contributed by atoms with E-state index in [-0.39, 0.29) is 44.1 Å². The van der Waals surface area contributed by atoms with E-state index in [2.05, 4.69) is 10.3 Å². The molecule has 32 heavy (non-hydrogen) atoms. The third-order valence-electron chi connectivity index (χ3n) is 6.32. The number of amides is 1. The van der Waals surface area contributed by atoms with E-state index >= 15 is 0 Å². The van der Waals surface area contributed by atoms with Crippen LogP contribution in [0.4, 0.5) is 22.0 Å². The Morgan fingerprint density at radius 1 is 1.25 bits per heavy atom. The Hall–Kier alpha value is -1.81. The van der Waals surface area contributed by atoms with Crippen LogP contribution < -0.4 is 5.32 Å². The van der Waals surface area contributed by atoms with E-state index in [4.69, 9.17) is 0 Å². The summed E-state index contributed by atoms with van der Waals surface area (Å²) in [6.45, 7) is 1.84. The molecule has 180 valence electrons. The van der Waals surface area contributed by atoms with Gasteiger partial charge in [-0.3, -0.25) is 4.79 Å². The first-order valence-corrected chi connectivity index (χ1v) is 11.1. The SMILES string of the molecule is O=C(NCC[C@@H](O)CN1CCCC(c2cccc(C(F)(F)F)n2)C1)C1CCC(F)(F)CC1. The number of piperidine rings is 1. The summed E-state index contributed by atoms with van der Waals surface area (Å²) in [5.41, 5.74) is -0.492. The van der Waals surface area contributed by atoms with Crippen molar-refractivity contribution in [3.8, 4) is 0 Å². The number of nitrogens with zero attached hydrogens (tertiary/aromatic N) is 2. The molecule has 1 saturated heterocycles. The highest BCUT2D eigenvalue weighted by Crippen LogP contribution is 2.36. The van der Waals surface area contributed by atoms with E-state index in [1.807, 2.05) is 4.90 Å². The van der Waals surface area contributed by atoms with Crippen LogP contribution in [0.3, 0.4) is 0 Å². The number of carbonyl (C=O) groups is 1. The third-order valence-corrected chi connectivity index (χ3v) is 6.32. The van der Waals surface area contributed by atoms with Crippen LogP contribution in [0.5, 0.6) is 0 Å². The summed E-state index contributed by atoms with van der Waals surface area (Å²) >= 11 is 0. The largest absolute Gasteiger partial charge is 0.433 e. The Labute approximate surface area is 184 Å². The molecular weight excluding hydrogens is 433 g/mol. The van der Waals surface area contributed by atoms with Gasteiger partial charge in [0, 0.05) is 50.0 Å². The lowest BCUT2D eigenvalue weighted by Crippen LogP contribution is -2.41. The first-order chi connectivity index (χ1) is 15.0. The highest BCUT2D eigenvalue weighted by atomic mass is 19.4. The molecule has 5 nitrogen and oxygen atoms in total. The first kappa shape index (κ1) is 24.8. The molecule has 3 rings (SSSR count). The van der Waals surface area contributed by atoms with Gasteiger partial charge in [0.1, 0.15) is 5.69 Å². The summed E-state index contributed by atoms with van der Waals surface area (Å²) in [7, 11) is 0. The molecule has 0 aromatic carbocycles. The van der Waals surface area contributed by atoms with Crippen LogP contribution in [-0.2, 0) is 11.0 Å². The molecule has 1 unspecified atom stereocenters. The van der Waals surface area contributed by atoms with Crippen molar-refractivity contribution in [1.29, 1.82) is 0 Å². The number of halogens is 5. The van der Waals surface area contributed by atoms with E-state index in [9.17, 15) is 31.9 Å². The lowest BCUT2D eigenvalue weighted by atomic mass is 9.86. The first-order valence-electron chi connectivity index (χ1n) is 11.1. The average Bonchev–Trinajstić information content (AvgIpc) is 2.73. The molecule has 1 amide bonds. The van der Waals surface area contributed by atoms with Crippen LogP contribution in [0, 0.1) is 5.92 Å². The van der Waals surface area contributed by atoms with Gasteiger partial charge in [0.05, 0.1) is 6.10 Å². The number of aromatic nitrogens is 1. The smallest absolute Gasteiger partial charge is 0.392 e. The van der Waals surface area contributed by atoms with Crippen molar-refractivity contribution < 1.29 is 31.9 Å². The lowest BCUT2D eigenvalue weighted by Gasteiger charge is -2.34. The molecule has 2 fully saturated rings. The van der Waals surface area contributed by atoms with Crippen molar-refractivity contribution in [2.45, 2.75) is 69.1 Å². The van der Waals surface area contributed by atoms with Crippen molar-refractivity contribution >= 4 is 5.91 Å². The van der Waals surface area contributed by atoms with Gasteiger partial charge < -0.3 is 15.3 Å². The Kier molecular flexibility index (Phi) is 8.08. The molecule has 0 bridgehead atoms. The summed E-state index contributed by atoms with van der Waals surface area (Å²) in [6.07, 6.45) is -3.56. The van der Waals surface area contributed by atoms with Crippen LogP contribution in [0.15, 0.2) is 18.2 Å². The fourth-order valence-electron chi connectivity index (χ4n) is 4.50. The van der Waals surface area contributed by atoms with Crippen LogP contribution in [0.2, 0.25) is 0 Å². The number of carbonyl (C=O) groups excluding carboxylic acids is 1. The van der Waals surface area contributed by atoms with Crippen molar-refractivity contribution in [2.24, 2.45) is 5.92 Å². The van der Waals surface area contributed by atoms with Gasteiger partial charge in [-0.15, -0.1) is 0 Å². The molecule has 1 saturated carbocycles. The molecule has 10 heteroatoms. The average molecular weight is 463 g/mol. The molecule has 1 aliphatic carbocycles. The van der Waals surface area contributed by atoms with Crippen LogP contribution in [-0.4, -0.2) is 59.1 Å². The van der Waals surface area contributed by atoms with Gasteiger partial charge in [-0.25, -0.2) is 13.8 Å². The lowest BCUT2D eigenvalue weighted by molar-refractivity contribution is -0.141. The van der Waals surface area contributed by atoms with E-state index in [0.29, 0.717) is 25.2 Å². The van der Waals surface area contributed by atoms with Gasteiger partial charge in [0.2, 0.25) is 11.8 Å². The number of aliphatic hydroxyl groups excluding tert-OH is 1. The number of β-amino-alcohol motifs (C(OH)–C–C–N with tert-alkyl or cyclic N) is 1. The zero-order valence-electron chi connectivity index (χ0n) is 17.9. The number of hydrogen-bond acceptors (Lipinski definition) is 4. The number of pyridine rings is 1. The minimum absolute atomic E-state index is 0.137. The summed E-state index contributed by atoms with van der Waals surface area (Å²) in [5, 5.41) is 13.1. The summed E-state index contributed by atoms with van der Waals surface area (Å²) < 4.78 is 65.2. The minimum Gasteiger partial charge on any atom is -0.392 e. The maximum atomic E-state index is 13.2. The third kappa shape index (κ3) is 7.10. The van der Waals surface area contributed by atoms with Gasteiger partial charge in [-0.1, -0.05) is 6.07 Å². The predicted molar refractivity (Wildman–Crippen MR) is 108 cm³/mol. The summed E-state index contributed by atoms with van der Waals surface area (Å²) in [5.74, 6) is -3.47. The Morgan fingerprint density at radius 3 is 2.66 bits per heavy atom. The van der Waals surface area contributed by atoms with Gasteiger partial charge in [0.15, 0.2) is 0 Å². The monoisotopic (exact) mass is 463 g/mol. The fourth-order valence-corrected chi connectivity index (χ4v) is 4.50. The van der Waals surface area contributed by atoms with Gasteiger partial charge >= 0.3 is 6.18 Å². The normalized spacial score (nSPS) is 23.6. The molecule has 2 aliphatic rings. The number of rotatable bonds is 7. The molecule has 0 radical (unpaired) electrons. The maximum absolute atomic E-state index is 13.2. The molecular formula is C22H30F5N3O2. The van der Waals surface area contributed by atoms with Crippen LogP contribution in [0.1, 0.15) is 62.3 Å². The second-order valence-electron chi connectivity index (χ2n) is 8.91. The van der Waals surface area contributed by atoms with Gasteiger partial charge in [0.25, 0.3) is 0 Å². The van der Waals surface area contributed by atoms with Crippen LogP contribution >= 0.6 is 0 Å². The van der Waals surface area contributed by atoms with Crippen molar-refractivity contribution in [3.63, 3.8) is 0 Å². The number of alkyl halides is 5. The molecule has 1 aliphatic heterocycles. The molecule has 0 spiro atoms. The van der Waals surface area contributed by atoms with E-state index in [1.54, 1.807) is 6.07 Å². The predicted octanol–water partition coefficient (Wildman–Crippen LogP) is 3.97. The molecule has 1 aromatic heterocycles.